The molecule has 2 saturated heterocycles. The van der Waals surface area contributed by atoms with E-state index >= 15 is 0 Å². The number of carbonyl (C=O) groups excluding carboxylic acids is 2. The smallest absolute Gasteiger partial charge is 0.253 e. The molecular formula is C20H27N3O3. The molecule has 0 atom stereocenters. The van der Waals surface area contributed by atoms with Crippen molar-refractivity contribution in [3.63, 3.8) is 0 Å². The summed E-state index contributed by atoms with van der Waals surface area (Å²) in [4.78, 5) is 27.4. The number of nitrogens with zero attached hydrogens (tertiary/aromatic N) is 1. The monoisotopic (exact) mass is 357 g/mol. The molecule has 0 unspecified atom stereocenters. The Balaban J connectivity index is 1.44. The van der Waals surface area contributed by atoms with E-state index in [-0.39, 0.29) is 17.2 Å². The number of nitrogens with one attached hydrogen (secondary N) is 2. The molecule has 6 heteroatoms. The quantitative estimate of drug-likeness (QED) is 0.796. The van der Waals surface area contributed by atoms with Gasteiger partial charge in [-0.1, -0.05) is 13.8 Å². The molecule has 0 aliphatic carbocycles. The molecule has 0 aromatic heterocycles. The van der Waals surface area contributed by atoms with Crippen molar-refractivity contribution in [2.45, 2.75) is 38.6 Å². The van der Waals surface area contributed by atoms with Crippen LogP contribution in [0.25, 0.3) is 0 Å². The summed E-state index contributed by atoms with van der Waals surface area (Å²) in [5, 5.41) is 6.58. The van der Waals surface area contributed by atoms with Crippen molar-refractivity contribution < 1.29 is 14.3 Å². The number of hydrogen-bond donors (Lipinski definition) is 2. The number of likely N-dealkylation sites (tertiary alicyclic amines) is 1. The summed E-state index contributed by atoms with van der Waals surface area (Å²) in [5.74, 6) is 1.01. The number of hydrogen-bond acceptors (Lipinski definition) is 4. The van der Waals surface area contributed by atoms with Crippen molar-refractivity contribution >= 4 is 11.8 Å². The summed E-state index contributed by atoms with van der Waals surface area (Å²) in [6.07, 6.45) is 2.16. The fraction of sp³-hybridized carbons (Fsp3) is 0.600. The molecule has 4 rings (SSSR count). The molecule has 2 amide bonds. The lowest BCUT2D eigenvalue weighted by Gasteiger charge is -2.40. The number of ether oxygens (including phenoxy) is 1. The first kappa shape index (κ1) is 17.3. The summed E-state index contributed by atoms with van der Waals surface area (Å²) in [6, 6.07) is 5.69. The molecule has 1 aromatic rings. The second kappa shape index (κ2) is 6.27. The van der Waals surface area contributed by atoms with Gasteiger partial charge in [0.15, 0.2) is 0 Å². The molecule has 6 nitrogen and oxygen atoms in total. The van der Waals surface area contributed by atoms with Gasteiger partial charge in [0, 0.05) is 38.2 Å². The maximum Gasteiger partial charge on any atom is 0.253 e. The first-order valence-electron chi connectivity index (χ1n) is 9.47. The van der Waals surface area contributed by atoms with Crippen molar-refractivity contribution in [1.82, 2.24) is 15.5 Å². The number of carbonyl (C=O) groups is 2. The lowest BCUT2D eigenvalue weighted by atomic mass is 9.85. The minimum atomic E-state index is -0.545. The maximum atomic E-state index is 12.9. The number of amides is 2. The van der Waals surface area contributed by atoms with Crippen molar-refractivity contribution in [3.8, 4) is 5.75 Å². The normalized spacial score (nSPS) is 23.8. The van der Waals surface area contributed by atoms with Crippen LogP contribution >= 0.6 is 0 Å². The average Bonchev–Trinajstić information content (AvgIpc) is 3.08. The number of rotatable bonds is 1. The largest absolute Gasteiger partial charge is 0.493 e. The van der Waals surface area contributed by atoms with Crippen LogP contribution in [0.3, 0.4) is 0 Å². The Morgan fingerprint density at radius 3 is 2.73 bits per heavy atom. The van der Waals surface area contributed by atoms with Gasteiger partial charge < -0.3 is 20.3 Å². The maximum absolute atomic E-state index is 12.9. The van der Waals surface area contributed by atoms with Gasteiger partial charge in [-0.25, -0.2) is 0 Å². The molecule has 3 aliphatic rings. The lowest BCUT2D eigenvalue weighted by Crippen LogP contribution is -2.61. The fourth-order valence-electron chi connectivity index (χ4n) is 4.04. The van der Waals surface area contributed by atoms with Gasteiger partial charge in [-0.15, -0.1) is 0 Å². The molecule has 3 heterocycles. The van der Waals surface area contributed by atoms with Gasteiger partial charge >= 0.3 is 0 Å². The molecular weight excluding hydrogens is 330 g/mol. The summed E-state index contributed by atoms with van der Waals surface area (Å²) in [6.45, 7) is 7.65. The summed E-state index contributed by atoms with van der Waals surface area (Å²) in [7, 11) is 0. The van der Waals surface area contributed by atoms with E-state index in [0.717, 1.165) is 24.3 Å². The first-order chi connectivity index (χ1) is 12.4. The van der Waals surface area contributed by atoms with E-state index in [1.165, 1.54) is 0 Å². The lowest BCUT2D eigenvalue weighted by molar-refractivity contribution is -0.128. The highest BCUT2D eigenvalue weighted by molar-refractivity contribution is 5.95. The fourth-order valence-corrected chi connectivity index (χ4v) is 4.04. The van der Waals surface area contributed by atoms with Crippen LogP contribution < -0.4 is 15.4 Å². The van der Waals surface area contributed by atoms with E-state index in [4.69, 9.17) is 4.74 Å². The summed E-state index contributed by atoms with van der Waals surface area (Å²) < 4.78 is 5.52. The summed E-state index contributed by atoms with van der Waals surface area (Å²) >= 11 is 0. The third-order valence-corrected chi connectivity index (χ3v) is 5.91. The van der Waals surface area contributed by atoms with Gasteiger partial charge in [0.05, 0.1) is 6.61 Å². The minimum absolute atomic E-state index is 0.0403. The molecule has 0 saturated carbocycles. The Morgan fingerprint density at radius 2 is 1.96 bits per heavy atom. The number of benzene rings is 1. The van der Waals surface area contributed by atoms with Crippen LogP contribution in [0.2, 0.25) is 0 Å². The third kappa shape index (κ3) is 3.07. The highest BCUT2D eigenvalue weighted by Crippen LogP contribution is 2.30. The molecule has 140 valence electrons. The van der Waals surface area contributed by atoms with E-state index < -0.39 is 5.54 Å². The topological polar surface area (TPSA) is 70.7 Å². The van der Waals surface area contributed by atoms with Crippen molar-refractivity contribution in [2.75, 3.05) is 32.8 Å². The molecule has 26 heavy (non-hydrogen) atoms. The molecule has 1 aromatic carbocycles. The van der Waals surface area contributed by atoms with E-state index in [1.54, 1.807) is 0 Å². The van der Waals surface area contributed by atoms with Crippen molar-refractivity contribution in [2.24, 2.45) is 5.41 Å². The van der Waals surface area contributed by atoms with E-state index in [1.807, 2.05) is 23.1 Å². The molecule has 2 fully saturated rings. The average molecular weight is 357 g/mol. The minimum Gasteiger partial charge on any atom is -0.493 e. The van der Waals surface area contributed by atoms with Gasteiger partial charge in [-0.2, -0.15) is 0 Å². The molecule has 0 bridgehead atoms. The van der Waals surface area contributed by atoms with Crippen molar-refractivity contribution in [3.05, 3.63) is 29.3 Å². The predicted molar refractivity (Wildman–Crippen MR) is 98.3 cm³/mol. The Labute approximate surface area is 154 Å². The molecule has 1 spiro atoms. The second-order valence-electron chi connectivity index (χ2n) is 8.50. The van der Waals surface area contributed by atoms with Gasteiger partial charge in [0.2, 0.25) is 5.91 Å². The van der Waals surface area contributed by atoms with E-state index in [0.29, 0.717) is 44.6 Å². The van der Waals surface area contributed by atoms with E-state index in [9.17, 15) is 9.59 Å². The van der Waals surface area contributed by atoms with Crippen LogP contribution in [-0.2, 0) is 11.2 Å². The highest BCUT2D eigenvalue weighted by atomic mass is 16.5. The Bertz CT molecular complexity index is 736. The Morgan fingerprint density at radius 1 is 1.19 bits per heavy atom. The van der Waals surface area contributed by atoms with Crippen LogP contribution in [0, 0.1) is 5.41 Å². The Kier molecular flexibility index (Phi) is 4.18. The Hall–Kier alpha value is -2.08. The standard InChI is InChI=1S/C20H27N3O3/c1-19(2)12-21-18(25)20(22-13-19)6-8-23(9-7-20)17(24)15-3-4-16-14(11-15)5-10-26-16/h3-4,11,22H,5-10,12-13H2,1-2H3,(H,21,25). The van der Waals surface area contributed by atoms with E-state index in [2.05, 4.69) is 24.5 Å². The number of fused-ring (bicyclic) bond motifs is 1. The summed E-state index contributed by atoms with van der Waals surface area (Å²) in [5.41, 5.74) is 1.32. The zero-order chi connectivity index (χ0) is 18.4. The highest BCUT2D eigenvalue weighted by Gasteiger charge is 2.45. The first-order valence-corrected chi connectivity index (χ1v) is 9.47. The van der Waals surface area contributed by atoms with Gasteiger partial charge in [-0.3, -0.25) is 9.59 Å². The zero-order valence-electron chi connectivity index (χ0n) is 15.6. The van der Waals surface area contributed by atoms with Gasteiger partial charge in [0.25, 0.3) is 5.91 Å². The van der Waals surface area contributed by atoms with Crippen molar-refractivity contribution in [1.29, 1.82) is 0 Å². The number of piperidine rings is 1. The molecule has 0 radical (unpaired) electrons. The SMILES string of the molecule is CC1(C)CNC(=O)C2(CCN(C(=O)c3ccc4c(c3)CCO4)CC2)NC1. The van der Waals surface area contributed by atoms with Crippen LogP contribution in [0.5, 0.6) is 5.75 Å². The van der Waals surface area contributed by atoms with Crippen LogP contribution in [-0.4, -0.2) is 55.0 Å². The van der Waals surface area contributed by atoms with Crippen LogP contribution in [0.4, 0.5) is 0 Å². The zero-order valence-corrected chi connectivity index (χ0v) is 15.6. The van der Waals surface area contributed by atoms with Crippen LogP contribution in [0.15, 0.2) is 18.2 Å². The molecule has 2 N–H and O–H groups in total. The second-order valence-corrected chi connectivity index (χ2v) is 8.50. The molecule has 3 aliphatic heterocycles. The van der Waals surface area contributed by atoms with Crippen LogP contribution in [0.1, 0.15) is 42.6 Å². The van der Waals surface area contributed by atoms with Gasteiger partial charge in [-0.05, 0) is 42.0 Å². The predicted octanol–water partition coefficient (Wildman–Crippen LogP) is 1.34. The third-order valence-electron chi connectivity index (χ3n) is 5.91. The van der Waals surface area contributed by atoms with Gasteiger partial charge in [0.1, 0.15) is 11.3 Å².